The summed E-state index contributed by atoms with van der Waals surface area (Å²) in [6, 6.07) is 0.305. The Morgan fingerprint density at radius 1 is 1.21 bits per heavy atom. The van der Waals surface area contributed by atoms with Crippen molar-refractivity contribution in [2.24, 2.45) is 5.92 Å². The maximum absolute atomic E-state index is 12.8. The molecule has 0 aliphatic carbocycles. The number of imidazole rings is 1. The van der Waals surface area contributed by atoms with Gasteiger partial charge in [0, 0.05) is 56.5 Å². The third kappa shape index (κ3) is 3.08. The Morgan fingerprint density at radius 3 is 2.79 bits per heavy atom. The van der Waals surface area contributed by atoms with Crippen LogP contribution in [0.1, 0.15) is 43.6 Å². The number of halogens is 1. The monoisotopic (exact) mass is 334 g/mol. The second-order valence-corrected chi connectivity index (χ2v) is 7.55. The summed E-state index contributed by atoms with van der Waals surface area (Å²) in [6.45, 7) is 4.26. The van der Waals surface area contributed by atoms with E-state index in [1.165, 1.54) is 24.4 Å². The number of alkyl halides is 1. The van der Waals surface area contributed by atoms with Gasteiger partial charge in [0.05, 0.1) is 13.2 Å². The van der Waals surface area contributed by atoms with Gasteiger partial charge in [-0.15, -0.1) is 0 Å². The normalized spacial score (nSPS) is 26.1. The standard InChI is InChI=1S/C18H27FN4O/c19-10-14-9-18(24)23(12-14)15-4-7-21(8-5-15)13-17-20-11-16-3-1-2-6-22(16)17/h11,14-15H,1-10,12-13H2. The van der Waals surface area contributed by atoms with Gasteiger partial charge in [-0.3, -0.25) is 14.1 Å². The number of amides is 1. The minimum absolute atomic E-state index is 0.0769. The molecule has 1 atom stereocenters. The van der Waals surface area contributed by atoms with Crippen molar-refractivity contribution < 1.29 is 9.18 Å². The van der Waals surface area contributed by atoms with Gasteiger partial charge in [0.2, 0.25) is 5.91 Å². The molecule has 4 rings (SSSR count). The van der Waals surface area contributed by atoms with Gasteiger partial charge in [-0.25, -0.2) is 4.98 Å². The van der Waals surface area contributed by atoms with Crippen molar-refractivity contribution >= 4 is 5.91 Å². The first kappa shape index (κ1) is 16.1. The fourth-order valence-corrected chi connectivity index (χ4v) is 4.48. The average molecular weight is 334 g/mol. The molecular weight excluding hydrogens is 307 g/mol. The Hall–Kier alpha value is -1.43. The third-order valence-electron chi connectivity index (χ3n) is 5.91. The van der Waals surface area contributed by atoms with Crippen LogP contribution in [-0.2, 0) is 24.3 Å². The van der Waals surface area contributed by atoms with Crippen LogP contribution in [0, 0.1) is 5.92 Å². The van der Waals surface area contributed by atoms with E-state index < -0.39 is 0 Å². The maximum atomic E-state index is 12.8. The number of hydrogen-bond donors (Lipinski definition) is 0. The van der Waals surface area contributed by atoms with Gasteiger partial charge in [0.15, 0.2) is 0 Å². The predicted octanol–water partition coefficient (Wildman–Crippen LogP) is 2.00. The summed E-state index contributed by atoms with van der Waals surface area (Å²) < 4.78 is 15.2. The summed E-state index contributed by atoms with van der Waals surface area (Å²) in [5, 5.41) is 0. The number of carbonyl (C=O) groups excluding carboxylic acids is 1. The highest BCUT2D eigenvalue weighted by molar-refractivity contribution is 5.79. The van der Waals surface area contributed by atoms with E-state index in [-0.39, 0.29) is 18.5 Å². The Bertz CT molecular complexity index is 594. The quantitative estimate of drug-likeness (QED) is 0.846. The van der Waals surface area contributed by atoms with Crippen LogP contribution in [0.4, 0.5) is 4.39 Å². The fourth-order valence-electron chi connectivity index (χ4n) is 4.48. The number of likely N-dealkylation sites (tertiary alicyclic amines) is 2. The zero-order valence-corrected chi connectivity index (χ0v) is 14.3. The molecule has 0 radical (unpaired) electrons. The number of fused-ring (bicyclic) bond motifs is 1. The Balaban J connectivity index is 1.32. The first-order chi connectivity index (χ1) is 11.7. The molecule has 24 heavy (non-hydrogen) atoms. The Morgan fingerprint density at radius 2 is 2.04 bits per heavy atom. The number of nitrogens with zero attached hydrogens (tertiary/aromatic N) is 4. The molecule has 3 aliphatic heterocycles. The molecule has 0 saturated carbocycles. The van der Waals surface area contributed by atoms with Crippen molar-refractivity contribution in [2.75, 3.05) is 26.3 Å². The molecule has 1 aromatic rings. The molecule has 0 N–H and O–H groups in total. The van der Waals surface area contributed by atoms with E-state index in [0.29, 0.717) is 19.0 Å². The summed E-state index contributed by atoms with van der Waals surface area (Å²) in [6.07, 6.45) is 8.13. The van der Waals surface area contributed by atoms with Crippen LogP contribution in [0.3, 0.4) is 0 Å². The van der Waals surface area contributed by atoms with Gasteiger partial charge in [-0.2, -0.15) is 0 Å². The first-order valence-electron chi connectivity index (χ1n) is 9.35. The predicted molar refractivity (Wildman–Crippen MR) is 89.3 cm³/mol. The average Bonchev–Trinajstić information content (AvgIpc) is 3.19. The van der Waals surface area contributed by atoms with Crippen molar-refractivity contribution in [3.8, 4) is 0 Å². The number of carbonyl (C=O) groups is 1. The fraction of sp³-hybridized carbons (Fsp3) is 0.778. The molecule has 2 fully saturated rings. The van der Waals surface area contributed by atoms with Crippen LogP contribution in [0.5, 0.6) is 0 Å². The second-order valence-electron chi connectivity index (χ2n) is 7.55. The molecule has 2 saturated heterocycles. The number of rotatable bonds is 4. The van der Waals surface area contributed by atoms with E-state index in [9.17, 15) is 9.18 Å². The van der Waals surface area contributed by atoms with Crippen LogP contribution < -0.4 is 0 Å². The summed E-state index contributed by atoms with van der Waals surface area (Å²) in [4.78, 5) is 21.1. The van der Waals surface area contributed by atoms with Gasteiger partial charge < -0.3 is 9.47 Å². The van der Waals surface area contributed by atoms with Crippen molar-refractivity contribution in [3.05, 3.63) is 17.7 Å². The summed E-state index contributed by atoms with van der Waals surface area (Å²) in [5.41, 5.74) is 1.38. The minimum Gasteiger partial charge on any atom is -0.339 e. The van der Waals surface area contributed by atoms with Crippen LogP contribution in [0.15, 0.2) is 6.20 Å². The van der Waals surface area contributed by atoms with E-state index in [4.69, 9.17) is 0 Å². The lowest BCUT2D eigenvalue weighted by Gasteiger charge is -2.36. The zero-order chi connectivity index (χ0) is 16.5. The molecule has 0 spiro atoms. The largest absolute Gasteiger partial charge is 0.339 e. The maximum Gasteiger partial charge on any atom is 0.223 e. The Labute approximate surface area is 142 Å². The highest BCUT2D eigenvalue weighted by atomic mass is 19.1. The minimum atomic E-state index is -0.369. The van der Waals surface area contributed by atoms with Gasteiger partial charge >= 0.3 is 0 Å². The van der Waals surface area contributed by atoms with Crippen LogP contribution >= 0.6 is 0 Å². The van der Waals surface area contributed by atoms with E-state index in [0.717, 1.165) is 45.4 Å². The summed E-state index contributed by atoms with van der Waals surface area (Å²) in [5.74, 6) is 1.27. The van der Waals surface area contributed by atoms with E-state index in [1.54, 1.807) is 0 Å². The molecule has 4 heterocycles. The molecule has 1 aromatic heterocycles. The van der Waals surface area contributed by atoms with Crippen molar-refractivity contribution in [3.63, 3.8) is 0 Å². The van der Waals surface area contributed by atoms with Crippen LogP contribution in [-0.4, -0.2) is 57.6 Å². The lowest BCUT2D eigenvalue weighted by atomic mass is 10.0. The van der Waals surface area contributed by atoms with Crippen molar-refractivity contribution in [2.45, 2.75) is 57.7 Å². The number of piperidine rings is 1. The van der Waals surface area contributed by atoms with Gasteiger partial charge in [0.1, 0.15) is 5.82 Å². The smallest absolute Gasteiger partial charge is 0.223 e. The topological polar surface area (TPSA) is 41.4 Å². The zero-order valence-electron chi connectivity index (χ0n) is 14.3. The SMILES string of the molecule is O=C1CC(CF)CN1C1CCN(Cc2ncc3n2CCCC3)CC1. The molecular formula is C18H27FN4O. The summed E-state index contributed by atoms with van der Waals surface area (Å²) in [7, 11) is 0. The van der Waals surface area contributed by atoms with Crippen LogP contribution in [0.25, 0.3) is 0 Å². The number of aromatic nitrogens is 2. The summed E-state index contributed by atoms with van der Waals surface area (Å²) >= 11 is 0. The van der Waals surface area contributed by atoms with E-state index in [1.807, 2.05) is 11.1 Å². The van der Waals surface area contributed by atoms with Crippen molar-refractivity contribution in [1.29, 1.82) is 0 Å². The molecule has 0 bridgehead atoms. The molecule has 1 unspecified atom stereocenters. The lowest BCUT2D eigenvalue weighted by Crippen LogP contribution is -2.45. The van der Waals surface area contributed by atoms with E-state index >= 15 is 0 Å². The van der Waals surface area contributed by atoms with Gasteiger partial charge in [-0.05, 0) is 32.1 Å². The second kappa shape index (κ2) is 6.82. The highest BCUT2D eigenvalue weighted by Gasteiger charge is 2.35. The Kier molecular flexibility index (Phi) is 4.57. The molecule has 0 aromatic carbocycles. The molecule has 3 aliphatic rings. The van der Waals surface area contributed by atoms with Gasteiger partial charge in [-0.1, -0.05) is 0 Å². The van der Waals surface area contributed by atoms with Gasteiger partial charge in [0.25, 0.3) is 0 Å². The molecule has 132 valence electrons. The van der Waals surface area contributed by atoms with Crippen molar-refractivity contribution in [1.82, 2.24) is 19.4 Å². The van der Waals surface area contributed by atoms with E-state index in [2.05, 4.69) is 14.5 Å². The molecule has 1 amide bonds. The molecule has 6 heteroatoms. The lowest BCUT2D eigenvalue weighted by molar-refractivity contribution is -0.130. The highest BCUT2D eigenvalue weighted by Crippen LogP contribution is 2.26. The van der Waals surface area contributed by atoms with Crippen LogP contribution in [0.2, 0.25) is 0 Å². The first-order valence-corrected chi connectivity index (χ1v) is 9.35. The molecule has 5 nitrogen and oxygen atoms in total. The third-order valence-corrected chi connectivity index (χ3v) is 5.91. The number of aryl methyl sites for hydroxylation is 1. The number of hydrogen-bond acceptors (Lipinski definition) is 3.